The summed E-state index contributed by atoms with van der Waals surface area (Å²) in [6, 6.07) is 7.65. The predicted octanol–water partition coefficient (Wildman–Crippen LogP) is 4.67. The van der Waals surface area contributed by atoms with Gasteiger partial charge in [0.2, 0.25) is 5.95 Å². The Kier molecular flexibility index (Phi) is 8.89. The average molecular weight is 612 g/mol. The molecular weight excluding hydrogens is 573 g/mol. The SMILES string of the molecule is CCN1CCN(c2cc(Nc3cc(C)nn3C(=O)C(C)(C)C)nc(N[C@H]3CCN(C(=O)c4ccc(Cl)cc4F)C3)n2)CC1. The number of halogens is 2. The zero-order valence-corrected chi connectivity index (χ0v) is 26.1. The summed E-state index contributed by atoms with van der Waals surface area (Å²) in [5.74, 6) is 1.04. The quantitative estimate of drug-likeness (QED) is 0.394. The van der Waals surface area contributed by atoms with Crippen molar-refractivity contribution in [3.05, 3.63) is 52.4 Å². The van der Waals surface area contributed by atoms with Gasteiger partial charge in [0.05, 0.1) is 11.3 Å². The Hall–Kier alpha value is -3.77. The Bertz CT molecular complexity index is 1500. The van der Waals surface area contributed by atoms with Crippen LogP contribution in [0.2, 0.25) is 5.02 Å². The fourth-order valence-corrected chi connectivity index (χ4v) is 5.45. The Labute approximate surface area is 256 Å². The number of aryl methyl sites for hydroxylation is 1. The zero-order valence-electron chi connectivity index (χ0n) is 25.3. The third-order valence-corrected chi connectivity index (χ3v) is 7.98. The van der Waals surface area contributed by atoms with Gasteiger partial charge in [0.1, 0.15) is 23.3 Å². The second-order valence-electron chi connectivity index (χ2n) is 12.1. The molecule has 4 heterocycles. The van der Waals surface area contributed by atoms with E-state index in [1.54, 1.807) is 4.90 Å². The number of hydrogen-bond donors (Lipinski definition) is 2. The minimum Gasteiger partial charge on any atom is -0.354 e. The number of likely N-dealkylation sites (N-methyl/N-ethyl adjacent to an activating group) is 1. The van der Waals surface area contributed by atoms with Gasteiger partial charge in [-0.3, -0.25) is 9.59 Å². The van der Waals surface area contributed by atoms with Gasteiger partial charge in [-0.25, -0.2) is 4.39 Å². The smallest absolute Gasteiger partial charge is 0.256 e. The molecule has 5 rings (SSSR count). The summed E-state index contributed by atoms with van der Waals surface area (Å²) in [6.07, 6.45) is 0.651. The van der Waals surface area contributed by atoms with Crippen molar-refractivity contribution in [2.45, 2.75) is 47.1 Å². The molecule has 2 saturated heterocycles. The molecule has 2 aromatic heterocycles. The van der Waals surface area contributed by atoms with Crippen LogP contribution in [0.1, 0.15) is 55.0 Å². The summed E-state index contributed by atoms with van der Waals surface area (Å²) < 4.78 is 15.8. The van der Waals surface area contributed by atoms with Crippen LogP contribution in [0, 0.1) is 18.2 Å². The van der Waals surface area contributed by atoms with Crippen LogP contribution in [0.3, 0.4) is 0 Å². The number of carbonyl (C=O) groups is 2. The highest BCUT2D eigenvalue weighted by Gasteiger charge is 2.30. The van der Waals surface area contributed by atoms with Crippen LogP contribution >= 0.6 is 11.6 Å². The highest BCUT2D eigenvalue weighted by molar-refractivity contribution is 6.30. The van der Waals surface area contributed by atoms with E-state index in [0.717, 1.165) is 44.6 Å². The first kappa shape index (κ1) is 30.7. The van der Waals surface area contributed by atoms with Gasteiger partial charge in [-0.2, -0.15) is 19.7 Å². The fraction of sp³-hybridized carbons (Fsp3) is 0.500. The van der Waals surface area contributed by atoms with E-state index in [-0.39, 0.29) is 28.4 Å². The van der Waals surface area contributed by atoms with Crippen LogP contribution in [0.25, 0.3) is 0 Å². The number of piperazine rings is 1. The summed E-state index contributed by atoms with van der Waals surface area (Å²) in [7, 11) is 0. The molecule has 13 heteroatoms. The minimum atomic E-state index is -0.636. The van der Waals surface area contributed by atoms with Gasteiger partial charge in [-0.15, -0.1) is 0 Å². The van der Waals surface area contributed by atoms with Crippen LogP contribution in [-0.2, 0) is 0 Å². The number of benzene rings is 1. The van der Waals surface area contributed by atoms with Crippen LogP contribution in [0.4, 0.5) is 27.8 Å². The summed E-state index contributed by atoms with van der Waals surface area (Å²) in [5, 5.41) is 11.4. The van der Waals surface area contributed by atoms with Gasteiger partial charge in [0, 0.05) is 67.9 Å². The number of anilines is 4. The maximum atomic E-state index is 14.4. The molecule has 1 aromatic carbocycles. The van der Waals surface area contributed by atoms with Gasteiger partial charge in [0.25, 0.3) is 11.8 Å². The lowest BCUT2D eigenvalue weighted by molar-refractivity contribution is 0.0750. The molecule has 2 N–H and O–H groups in total. The van der Waals surface area contributed by atoms with E-state index >= 15 is 0 Å². The highest BCUT2D eigenvalue weighted by atomic mass is 35.5. The first-order valence-electron chi connectivity index (χ1n) is 14.7. The molecule has 0 aliphatic carbocycles. The molecular formula is C30H39ClFN9O2. The molecule has 1 amide bonds. The second kappa shape index (κ2) is 12.5. The molecule has 0 radical (unpaired) electrons. The van der Waals surface area contributed by atoms with Crippen molar-refractivity contribution in [2.24, 2.45) is 5.41 Å². The number of carbonyl (C=O) groups excluding carboxylic acids is 2. The molecule has 0 unspecified atom stereocenters. The monoisotopic (exact) mass is 611 g/mol. The van der Waals surface area contributed by atoms with Gasteiger partial charge >= 0.3 is 0 Å². The van der Waals surface area contributed by atoms with Crippen LogP contribution < -0.4 is 15.5 Å². The highest BCUT2D eigenvalue weighted by Crippen LogP contribution is 2.27. The van der Waals surface area contributed by atoms with E-state index < -0.39 is 11.2 Å². The number of aromatic nitrogens is 4. The molecule has 0 saturated carbocycles. The minimum absolute atomic E-state index is 0.00212. The predicted molar refractivity (Wildman–Crippen MR) is 166 cm³/mol. The lowest BCUT2D eigenvalue weighted by Crippen LogP contribution is -2.46. The van der Waals surface area contributed by atoms with Gasteiger partial charge in [0.15, 0.2) is 0 Å². The van der Waals surface area contributed by atoms with E-state index in [2.05, 4.69) is 32.5 Å². The van der Waals surface area contributed by atoms with Crippen molar-refractivity contribution in [3.63, 3.8) is 0 Å². The Balaban J connectivity index is 1.38. The summed E-state index contributed by atoms with van der Waals surface area (Å²) in [4.78, 5) is 42.0. The number of hydrogen-bond acceptors (Lipinski definition) is 9. The molecule has 230 valence electrons. The zero-order chi connectivity index (χ0) is 30.9. The maximum absolute atomic E-state index is 14.4. The van der Waals surface area contributed by atoms with Crippen molar-refractivity contribution in [2.75, 3.05) is 61.3 Å². The summed E-state index contributed by atoms with van der Waals surface area (Å²) >= 11 is 5.87. The Morgan fingerprint density at radius 2 is 1.81 bits per heavy atom. The fourth-order valence-electron chi connectivity index (χ4n) is 5.29. The van der Waals surface area contributed by atoms with E-state index in [0.29, 0.717) is 42.8 Å². The number of rotatable bonds is 7. The Morgan fingerprint density at radius 1 is 1.07 bits per heavy atom. The summed E-state index contributed by atoms with van der Waals surface area (Å²) in [5.41, 5.74) is 0.0759. The molecule has 0 spiro atoms. The van der Waals surface area contributed by atoms with E-state index in [1.165, 1.54) is 16.8 Å². The normalized spacial score (nSPS) is 17.8. The number of nitrogens with one attached hydrogen (secondary N) is 2. The van der Waals surface area contributed by atoms with E-state index in [1.807, 2.05) is 39.8 Å². The molecule has 2 fully saturated rings. The third-order valence-electron chi connectivity index (χ3n) is 7.75. The molecule has 1 atom stereocenters. The number of likely N-dealkylation sites (tertiary alicyclic amines) is 1. The molecule has 2 aliphatic heterocycles. The van der Waals surface area contributed by atoms with Gasteiger partial charge in [-0.1, -0.05) is 39.3 Å². The summed E-state index contributed by atoms with van der Waals surface area (Å²) in [6.45, 7) is 14.9. The van der Waals surface area contributed by atoms with E-state index in [9.17, 15) is 14.0 Å². The van der Waals surface area contributed by atoms with Crippen LogP contribution in [0.15, 0.2) is 30.3 Å². The third kappa shape index (κ3) is 7.07. The number of amides is 1. The van der Waals surface area contributed by atoms with Crippen molar-refractivity contribution in [3.8, 4) is 0 Å². The standard InChI is InChI=1S/C30H39ClFN9O2/c1-6-38-11-13-39(14-12-38)25-17-24(34-26-15-19(2)37-41(26)28(43)30(3,4)5)35-29(36-25)33-21-9-10-40(18-21)27(42)22-8-7-20(31)16-23(22)32/h7-8,15-17,21H,6,9-14,18H2,1-5H3,(H2,33,34,35,36)/t21-/m0/s1. The molecule has 3 aromatic rings. The molecule has 11 nitrogen and oxygen atoms in total. The first-order valence-corrected chi connectivity index (χ1v) is 15.0. The number of nitrogens with zero attached hydrogens (tertiary/aromatic N) is 7. The topological polar surface area (TPSA) is 112 Å². The van der Waals surface area contributed by atoms with Crippen molar-refractivity contribution in [1.82, 2.24) is 29.5 Å². The Morgan fingerprint density at radius 3 is 2.49 bits per heavy atom. The molecule has 2 aliphatic rings. The lowest BCUT2D eigenvalue weighted by Gasteiger charge is -2.35. The largest absolute Gasteiger partial charge is 0.354 e. The van der Waals surface area contributed by atoms with Crippen molar-refractivity contribution in [1.29, 1.82) is 0 Å². The molecule has 0 bridgehead atoms. The average Bonchev–Trinajstić information content (AvgIpc) is 3.57. The second-order valence-corrected chi connectivity index (χ2v) is 12.6. The first-order chi connectivity index (χ1) is 20.4. The van der Waals surface area contributed by atoms with Crippen molar-refractivity contribution >= 4 is 46.8 Å². The maximum Gasteiger partial charge on any atom is 0.256 e. The molecule has 43 heavy (non-hydrogen) atoms. The van der Waals surface area contributed by atoms with Gasteiger partial charge in [-0.05, 0) is 38.1 Å². The van der Waals surface area contributed by atoms with E-state index in [4.69, 9.17) is 21.6 Å². The lowest BCUT2D eigenvalue weighted by atomic mass is 9.96. The van der Waals surface area contributed by atoms with Gasteiger partial charge < -0.3 is 25.3 Å². The van der Waals surface area contributed by atoms with Crippen LogP contribution in [-0.4, -0.2) is 93.2 Å². The van der Waals surface area contributed by atoms with Crippen LogP contribution in [0.5, 0.6) is 0 Å². The van der Waals surface area contributed by atoms with Crippen molar-refractivity contribution < 1.29 is 14.0 Å².